The minimum atomic E-state index is 0.647. The van der Waals surface area contributed by atoms with Gasteiger partial charge in [-0.2, -0.15) is 0 Å². The highest BCUT2D eigenvalue weighted by atomic mass is 32.1. The summed E-state index contributed by atoms with van der Waals surface area (Å²) in [5.41, 5.74) is 5.65. The van der Waals surface area contributed by atoms with Crippen LogP contribution in [0.25, 0.3) is 0 Å². The Kier molecular flexibility index (Phi) is 2.86. The summed E-state index contributed by atoms with van der Waals surface area (Å²) < 4.78 is 5.41. The Morgan fingerprint density at radius 3 is 2.94 bits per heavy atom. The first-order valence-electron chi connectivity index (χ1n) is 5.78. The molecule has 90 valence electrons. The summed E-state index contributed by atoms with van der Waals surface area (Å²) in [5, 5.41) is 0.647. The second kappa shape index (κ2) is 4.50. The predicted molar refractivity (Wildman–Crippen MR) is 67.5 cm³/mol. The van der Waals surface area contributed by atoms with Crippen molar-refractivity contribution in [2.45, 2.75) is 32.0 Å². The number of aromatic nitrogens is 1. The minimum absolute atomic E-state index is 0.647. The molecule has 0 aliphatic heterocycles. The average Bonchev–Trinajstić information content (AvgIpc) is 2.89. The van der Waals surface area contributed by atoms with E-state index in [1.54, 1.807) is 17.6 Å². The van der Waals surface area contributed by atoms with Gasteiger partial charge in [-0.25, -0.2) is 4.98 Å². The van der Waals surface area contributed by atoms with Crippen molar-refractivity contribution in [3.63, 3.8) is 0 Å². The lowest BCUT2D eigenvalue weighted by molar-refractivity contribution is 0.227. The van der Waals surface area contributed by atoms with Crippen LogP contribution >= 0.6 is 11.3 Å². The van der Waals surface area contributed by atoms with E-state index in [1.807, 2.05) is 18.3 Å². The van der Waals surface area contributed by atoms with E-state index in [0.29, 0.717) is 11.2 Å². The molecular weight excluding hydrogens is 234 g/mol. The smallest absolute Gasteiger partial charge is 0.180 e. The fourth-order valence-corrected chi connectivity index (χ4v) is 2.66. The molecule has 3 rings (SSSR count). The number of nitrogen functional groups attached to an aromatic ring is 1. The fraction of sp³-hybridized carbons (Fsp3) is 0.417. The number of thiazole rings is 1. The van der Waals surface area contributed by atoms with Crippen LogP contribution in [0.3, 0.4) is 0 Å². The number of hydrogen-bond donors (Lipinski definition) is 1. The zero-order valence-electron chi connectivity index (χ0n) is 9.50. The number of rotatable bonds is 5. The number of nitrogens with two attached hydrogens (primary N) is 1. The van der Waals surface area contributed by atoms with Gasteiger partial charge < -0.3 is 10.2 Å². The second-order valence-corrected chi connectivity index (χ2v) is 5.53. The second-order valence-electron chi connectivity index (χ2n) is 4.38. The maximum atomic E-state index is 5.65. The van der Waals surface area contributed by atoms with Gasteiger partial charge in [-0.1, -0.05) is 0 Å². The molecular formula is C12H15N3OS. The molecule has 0 radical (unpaired) electrons. The summed E-state index contributed by atoms with van der Waals surface area (Å²) in [5.74, 6) is 1.02. The molecule has 17 heavy (non-hydrogen) atoms. The van der Waals surface area contributed by atoms with Crippen molar-refractivity contribution in [1.82, 2.24) is 9.88 Å². The molecule has 2 N–H and O–H groups in total. The van der Waals surface area contributed by atoms with E-state index in [2.05, 4.69) is 9.88 Å². The summed E-state index contributed by atoms with van der Waals surface area (Å²) in [6, 6.07) is 4.66. The summed E-state index contributed by atoms with van der Waals surface area (Å²) >= 11 is 1.57. The number of hydrogen-bond acceptors (Lipinski definition) is 5. The molecule has 5 heteroatoms. The Hall–Kier alpha value is -1.33. The normalized spacial score (nSPS) is 15.6. The zero-order chi connectivity index (χ0) is 11.7. The molecule has 1 aliphatic rings. The van der Waals surface area contributed by atoms with Crippen LogP contribution in [-0.4, -0.2) is 15.9 Å². The fourth-order valence-electron chi connectivity index (χ4n) is 1.95. The molecule has 0 bridgehead atoms. The average molecular weight is 249 g/mol. The standard InChI is InChI=1S/C12H15N3OS/c13-12-14-6-11(17-12)8-15(9-3-4-9)7-10-2-1-5-16-10/h1-2,5-6,9H,3-4,7-8H2,(H2,13,14). The highest BCUT2D eigenvalue weighted by Gasteiger charge is 2.29. The van der Waals surface area contributed by atoms with Gasteiger partial charge in [0.05, 0.1) is 12.8 Å². The molecule has 1 saturated carbocycles. The van der Waals surface area contributed by atoms with E-state index in [0.717, 1.165) is 18.8 Å². The van der Waals surface area contributed by atoms with Crippen molar-refractivity contribution in [3.8, 4) is 0 Å². The van der Waals surface area contributed by atoms with Gasteiger partial charge in [0.25, 0.3) is 0 Å². The molecule has 1 aliphatic carbocycles. The first-order valence-corrected chi connectivity index (χ1v) is 6.59. The van der Waals surface area contributed by atoms with E-state index >= 15 is 0 Å². The first kappa shape index (κ1) is 10.8. The molecule has 1 fully saturated rings. The number of furan rings is 1. The molecule has 0 aromatic carbocycles. The number of nitrogens with zero attached hydrogens (tertiary/aromatic N) is 2. The Bertz CT molecular complexity index is 476. The van der Waals surface area contributed by atoms with Gasteiger partial charge in [-0.3, -0.25) is 4.90 Å². The van der Waals surface area contributed by atoms with E-state index in [1.165, 1.54) is 17.7 Å². The SMILES string of the molecule is Nc1ncc(CN(Cc2ccco2)C2CC2)s1. The topological polar surface area (TPSA) is 55.3 Å². The van der Waals surface area contributed by atoms with E-state index in [4.69, 9.17) is 10.2 Å². The van der Waals surface area contributed by atoms with Crippen LogP contribution in [0, 0.1) is 0 Å². The summed E-state index contributed by atoms with van der Waals surface area (Å²) in [6.45, 7) is 1.79. The maximum Gasteiger partial charge on any atom is 0.180 e. The summed E-state index contributed by atoms with van der Waals surface area (Å²) in [7, 11) is 0. The van der Waals surface area contributed by atoms with Crippen molar-refractivity contribution in [2.24, 2.45) is 0 Å². The van der Waals surface area contributed by atoms with Crippen LogP contribution in [0.4, 0.5) is 5.13 Å². The van der Waals surface area contributed by atoms with Crippen molar-refractivity contribution < 1.29 is 4.42 Å². The van der Waals surface area contributed by atoms with Crippen molar-refractivity contribution >= 4 is 16.5 Å². The molecule has 0 amide bonds. The Labute approximate surface area is 104 Å². The third-order valence-electron chi connectivity index (χ3n) is 2.93. The lowest BCUT2D eigenvalue weighted by atomic mass is 10.3. The van der Waals surface area contributed by atoms with Crippen LogP contribution in [0.5, 0.6) is 0 Å². The third kappa shape index (κ3) is 2.68. The Balaban J connectivity index is 1.68. The summed E-state index contributed by atoms with van der Waals surface area (Å²) in [4.78, 5) is 7.75. The van der Waals surface area contributed by atoms with Crippen molar-refractivity contribution in [1.29, 1.82) is 0 Å². The van der Waals surface area contributed by atoms with Crippen LogP contribution in [0.15, 0.2) is 29.0 Å². The van der Waals surface area contributed by atoms with Crippen molar-refractivity contribution in [3.05, 3.63) is 35.2 Å². The third-order valence-corrected chi connectivity index (χ3v) is 3.74. The molecule has 0 atom stereocenters. The summed E-state index contributed by atoms with van der Waals surface area (Å²) in [6.07, 6.45) is 6.17. The molecule has 4 nitrogen and oxygen atoms in total. The van der Waals surface area contributed by atoms with Gasteiger partial charge in [-0.05, 0) is 25.0 Å². The maximum absolute atomic E-state index is 5.65. The van der Waals surface area contributed by atoms with E-state index < -0.39 is 0 Å². The van der Waals surface area contributed by atoms with Crippen LogP contribution in [0.2, 0.25) is 0 Å². The molecule has 2 aromatic heterocycles. The van der Waals surface area contributed by atoms with Crippen LogP contribution in [-0.2, 0) is 13.1 Å². The first-order chi connectivity index (χ1) is 8.31. The lowest BCUT2D eigenvalue weighted by Gasteiger charge is -2.19. The Morgan fingerprint density at radius 2 is 2.35 bits per heavy atom. The number of anilines is 1. The molecule has 0 unspecified atom stereocenters. The van der Waals surface area contributed by atoms with Gasteiger partial charge in [0.15, 0.2) is 5.13 Å². The molecule has 2 heterocycles. The van der Waals surface area contributed by atoms with Gasteiger partial charge in [0.2, 0.25) is 0 Å². The monoisotopic (exact) mass is 249 g/mol. The Morgan fingerprint density at radius 1 is 1.47 bits per heavy atom. The quantitative estimate of drug-likeness (QED) is 0.884. The van der Waals surface area contributed by atoms with Crippen LogP contribution < -0.4 is 5.73 Å². The zero-order valence-corrected chi connectivity index (χ0v) is 10.3. The molecule has 0 spiro atoms. The largest absolute Gasteiger partial charge is 0.468 e. The van der Waals surface area contributed by atoms with Crippen molar-refractivity contribution in [2.75, 3.05) is 5.73 Å². The van der Waals surface area contributed by atoms with Gasteiger partial charge >= 0.3 is 0 Å². The van der Waals surface area contributed by atoms with E-state index in [9.17, 15) is 0 Å². The van der Waals surface area contributed by atoms with E-state index in [-0.39, 0.29) is 0 Å². The predicted octanol–water partition coefficient (Wildman–Crippen LogP) is 2.48. The highest BCUT2D eigenvalue weighted by Crippen LogP contribution is 2.31. The molecule has 0 saturated heterocycles. The van der Waals surface area contributed by atoms with Gasteiger partial charge in [0.1, 0.15) is 5.76 Å². The van der Waals surface area contributed by atoms with Gasteiger partial charge in [-0.15, -0.1) is 11.3 Å². The van der Waals surface area contributed by atoms with Gasteiger partial charge in [0, 0.05) is 23.7 Å². The minimum Gasteiger partial charge on any atom is -0.468 e. The molecule has 2 aromatic rings. The lowest BCUT2D eigenvalue weighted by Crippen LogP contribution is -2.24. The highest BCUT2D eigenvalue weighted by molar-refractivity contribution is 7.15. The van der Waals surface area contributed by atoms with Crippen LogP contribution in [0.1, 0.15) is 23.5 Å².